The van der Waals surface area contributed by atoms with Crippen LogP contribution >= 0.6 is 23.4 Å². The van der Waals surface area contributed by atoms with E-state index in [1.54, 1.807) is 24.7 Å². The van der Waals surface area contributed by atoms with Crippen LogP contribution in [0.1, 0.15) is 13.3 Å². The average Bonchev–Trinajstić information content (AvgIpc) is 2.96. The summed E-state index contributed by atoms with van der Waals surface area (Å²) in [5, 5.41) is 5.22. The summed E-state index contributed by atoms with van der Waals surface area (Å²) in [5.74, 6) is 0.561. The molecule has 0 saturated heterocycles. The minimum Gasteiger partial charge on any atom is -0.354 e. The number of hydrogen-bond donors (Lipinski definition) is 2. The smallest absolute Gasteiger partial charge is 0.225 e. The lowest BCUT2D eigenvalue weighted by Crippen LogP contribution is -2.05. The highest BCUT2D eigenvalue weighted by molar-refractivity contribution is 7.99. The minimum absolute atomic E-state index is 0.561. The molecule has 0 atom stereocenters. The summed E-state index contributed by atoms with van der Waals surface area (Å²) < 4.78 is 0. The lowest BCUT2D eigenvalue weighted by atomic mass is 10.5. The third kappa shape index (κ3) is 3.08. The van der Waals surface area contributed by atoms with Gasteiger partial charge in [-0.15, -0.1) is 0 Å². The third-order valence-electron chi connectivity index (χ3n) is 2.70. The molecule has 3 aromatic heterocycles. The Hall–Kier alpha value is -1.86. The summed E-state index contributed by atoms with van der Waals surface area (Å²) in [6.45, 7) is 2.90. The Morgan fingerprint density at radius 2 is 2.19 bits per heavy atom. The van der Waals surface area contributed by atoms with Crippen LogP contribution in [0.15, 0.2) is 34.7 Å². The van der Waals surface area contributed by atoms with Crippen LogP contribution in [0.5, 0.6) is 0 Å². The maximum absolute atomic E-state index is 6.15. The van der Waals surface area contributed by atoms with Gasteiger partial charge in [-0.05, 0) is 30.3 Å². The first-order valence-corrected chi connectivity index (χ1v) is 7.70. The van der Waals surface area contributed by atoms with Crippen LogP contribution in [-0.2, 0) is 0 Å². The molecule has 6 nitrogen and oxygen atoms in total. The molecule has 3 rings (SSSR count). The monoisotopic (exact) mass is 320 g/mol. The van der Waals surface area contributed by atoms with Gasteiger partial charge in [0, 0.05) is 12.7 Å². The zero-order valence-electron chi connectivity index (χ0n) is 11.3. The molecule has 0 radical (unpaired) electrons. The Kier molecular flexibility index (Phi) is 4.21. The van der Waals surface area contributed by atoms with Gasteiger partial charge in [-0.1, -0.05) is 18.5 Å². The number of anilines is 1. The average molecular weight is 321 g/mol. The van der Waals surface area contributed by atoms with E-state index in [1.165, 1.54) is 11.8 Å². The number of halogens is 1. The van der Waals surface area contributed by atoms with Gasteiger partial charge in [-0.3, -0.25) is 0 Å². The summed E-state index contributed by atoms with van der Waals surface area (Å²) in [5.41, 5.74) is 1.40. The first-order chi connectivity index (χ1) is 10.3. The fraction of sp³-hybridized carbons (Fsp3) is 0.231. The van der Waals surface area contributed by atoms with Crippen molar-refractivity contribution in [2.75, 3.05) is 11.9 Å². The number of nitrogens with zero attached hydrogens (tertiary/aromatic N) is 4. The van der Waals surface area contributed by atoms with E-state index in [0.717, 1.165) is 23.5 Å². The molecule has 0 unspecified atom stereocenters. The maximum atomic E-state index is 6.15. The molecule has 8 heteroatoms. The van der Waals surface area contributed by atoms with Crippen LogP contribution in [0.2, 0.25) is 5.02 Å². The molecule has 0 aliphatic heterocycles. The highest BCUT2D eigenvalue weighted by Crippen LogP contribution is 2.33. The number of rotatable bonds is 5. The van der Waals surface area contributed by atoms with Crippen molar-refractivity contribution in [3.63, 3.8) is 0 Å². The molecule has 0 fully saturated rings. The lowest BCUT2D eigenvalue weighted by molar-refractivity contribution is 0.943. The number of aromatic nitrogens is 5. The number of hydrogen-bond acceptors (Lipinski definition) is 6. The largest absolute Gasteiger partial charge is 0.354 e. The molecule has 0 bridgehead atoms. The van der Waals surface area contributed by atoms with Crippen molar-refractivity contribution in [3.05, 3.63) is 29.7 Å². The second-order valence-corrected chi connectivity index (χ2v) is 5.66. The van der Waals surface area contributed by atoms with Crippen molar-refractivity contribution in [1.82, 2.24) is 24.9 Å². The number of pyridine rings is 1. The van der Waals surface area contributed by atoms with Gasteiger partial charge in [0.05, 0.1) is 11.3 Å². The van der Waals surface area contributed by atoms with Crippen LogP contribution in [-0.4, -0.2) is 31.5 Å². The normalized spacial score (nSPS) is 11.0. The summed E-state index contributed by atoms with van der Waals surface area (Å²) in [4.78, 5) is 20.4. The molecule has 0 spiro atoms. The first-order valence-electron chi connectivity index (χ1n) is 6.51. The van der Waals surface area contributed by atoms with Gasteiger partial charge in [-0.2, -0.15) is 4.98 Å². The second-order valence-electron chi connectivity index (χ2n) is 4.27. The molecule has 0 aliphatic rings. The number of fused-ring (bicyclic) bond motifs is 1. The topological polar surface area (TPSA) is 79.4 Å². The number of nitrogens with one attached hydrogen (secondary N) is 2. The number of aromatic amines is 1. The molecular weight excluding hydrogens is 308 g/mol. The zero-order chi connectivity index (χ0) is 14.7. The van der Waals surface area contributed by atoms with Crippen molar-refractivity contribution in [2.45, 2.75) is 23.4 Å². The van der Waals surface area contributed by atoms with Crippen LogP contribution in [0.25, 0.3) is 11.2 Å². The Balaban J connectivity index is 2.00. The maximum Gasteiger partial charge on any atom is 0.225 e. The highest BCUT2D eigenvalue weighted by atomic mass is 35.5. The van der Waals surface area contributed by atoms with E-state index in [-0.39, 0.29) is 0 Å². The summed E-state index contributed by atoms with van der Waals surface area (Å²) >= 11 is 7.55. The Bertz CT molecular complexity index is 759. The van der Waals surface area contributed by atoms with Gasteiger partial charge in [0.15, 0.2) is 5.65 Å². The predicted molar refractivity (Wildman–Crippen MR) is 83.8 cm³/mol. The van der Waals surface area contributed by atoms with Crippen molar-refractivity contribution in [2.24, 2.45) is 0 Å². The molecule has 0 saturated carbocycles. The van der Waals surface area contributed by atoms with Gasteiger partial charge in [0.2, 0.25) is 5.95 Å². The molecule has 21 heavy (non-hydrogen) atoms. The molecule has 3 aromatic rings. The predicted octanol–water partition coefficient (Wildman–Crippen LogP) is 3.37. The third-order valence-corrected chi connectivity index (χ3v) is 4.13. The Morgan fingerprint density at radius 3 is 3.00 bits per heavy atom. The van der Waals surface area contributed by atoms with Gasteiger partial charge in [0.1, 0.15) is 15.6 Å². The van der Waals surface area contributed by atoms with Crippen LogP contribution in [0.4, 0.5) is 5.95 Å². The fourth-order valence-corrected chi connectivity index (χ4v) is 2.82. The van der Waals surface area contributed by atoms with Gasteiger partial charge in [-0.25, -0.2) is 15.0 Å². The molecule has 108 valence electrons. The molecule has 2 N–H and O–H groups in total. The van der Waals surface area contributed by atoms with Crippen molar-refractivity contribution in [3.8, 4) is 0 Å². The minimum atomic E-state index is 0.561. The van der Waals surface area contributed by atoms with Crippen molar-refractivity contribution in [1.29, 1.82) is 0 Å². The van der Waals surface area contributed by atoms with E-state index in [9.17, 15) is 0 Å². The number of imidazole rings is 1. The Morgan fingerprint density at radius 1 is 1.29 bits per heavy atom. The van der Waals surface area contributed by atoms with E-state index < -0.39 is 0 Å². The fourth-order valence-electron chi connectivity index (χ4n) is 1.73. The van der Waals surface area contributed by atoms with Crippen LogP contribution in [0.3, 0.4) is 0 Å². The molecule has 0 aliphatic carbocycles. The van der Waals surface area contributed by atoms with E-state index in [4.69, 9.17) is 11.6 Å². The number of H-pyrrole nitrogens is 1. The lowest BCUT2D eigenvalue weighted by Gasteiger charge is -2.07. The first kappa shape index (κ1) is 14.1. The molecule has 0 amide bonds. The summed E-state index contributed by atoms with van der Waals surface area (Å²) in [6.07, 6.45) is 4.30. The van der Waals surface area contributed by atoms with Crippen molar-refractivity contribution >= 4 is 40.5 Å². The van der Waals surface area contributed by atoms with Gasteiger partial charge >= 0.3 is 0 Å². The second kappa shape index (κ2) is 6.28. The van der Waals surface area contributed by atoms with E-state index in [1.807, 2.05) is 0 Å². The molecule has 3 heterocycles. The molecular formula is C13H13ClN6S. The van der Waals surface area contributed by atoms with Gasteiger partial charge in [0.25, 0.3) is 0 Å². The van der Waals surface area contributed by atoms with Crippen LogP contribution in [0, 0.1) is 0 Å². The van der Waals surface area contributed by atoms with Crippen molar-refractivity contribution < 1.29 is 0 Å². The standard InChI is InChI=1S/C13H13ClN6S/c1-2-5-16-13-19-10-9(17-7-18-10)12(20-13)21-11-8(14)4-3-6-15-11/h3-4,6-7H,2,5H2,1H3,(H2,16,17,18,19,20). The SMILES string of the molecule is CCCNc1nc(Sc2ncccc2Cl)c2[nH]cnc2n1. The summed E-state index contributed by atoms with van der Waals surface area (Å²) in [6, 6.07) is 3.60. The van der Waals surface area contributed by atoms with Crippen LogP contribution < -0.4 is 5.32 Å². The zero-order valence-corrected chi connectivity index (χ0v) is 12.9. The van der Waals surface area contributed by atoms with E-state index in [0.29, 0.717) is 21.6 Å². The van der Waals surface area contributed by atoms with E-state index in [2.05, 4.69) is 37.2 Å². The quantitative estimate of drug-likeness (QED) is 0.702. The highest BCUT2D eigenvalue weighted by Gasteiger charge is 2.13. The molecule has 0 aromatic carbocycles. The van der Waals surface area contributed by atoms with E-state index >= 15 is 0 Å². The summed E-state index contributed by atoms with van der Waals surface area (Å²) in [7, 11) is 0. The Labute approximate surface area is 130 Å². The van der Waals surface area contributed by atoms with Gasteiger partial charge < -0.3 is 10.3 Å².